The molecule has 2 aromatic carbocycles. The number of para-hydroxylation sites is 1. The van der Waals surface area contributed by atoms with Crippen molar-refractivity contribution < 1.29 is 8.42 Å². The van der Waals surface area contributed by atoms with Crippen molar-refractivity contribution >= 4 is 43.0 Å². The van der Waals surface area contributed by atoms with Crippen LogP contribution in [0.1, 0.15) is 5.56 Å². The van der Waals surface area contributed by atoms with Gasteiger partial charge in [0.2, 0.25) is 10.0 Å². The predicted octanol–water partition coefficient (Wildman–Crippen LogP) is 2.73. The number of anilines is 3. The van der Waals surface area contributed by atoms with E-state index in [9.17, 15) is 8.42 Å². The first-order valence-electron chi connectivity index (χ1n) is 5.73. The summed E-state index contributed by atoms with van der Waals surface area (Å²) in [5.74, 6) is 0. The Labute approximate surface area is 126 Å². The predicted molar refractivity (Wildman–Crippen MR) is 84.4 cm³/mol. The van der Waals surface area contributed by atoms with Crippen molar-refractivity contribution in [1.82, 2.24) is 0 Å². The molecule has 0 heterocycles. The Kier molecular flexibility index (Phi) is 4.03. The molecule has 0 aliphatic heterocycles. The van der Waals surface area contributed by atoms with Crippen molar-refractivity contribution in [3.05, 3.63) is 46.4 Å². The van der Waals surface area contributed by atoms with Crippen LogP contribution in [0.3, 0.4) is 0 Å². The van der Waals surface area contributed by atoms with Gasteiger partial charge in [-0.25, -0.2) is 13.6 Å². The summed E-state index contributed by atoms with van der Waals surface area (Å²) in [6, 6.07) is 10.3. The van der Waals surface area contributed by atoms with Crippen molar-refractivity contribution in [2.24, 2.45) is 5.14 Å². The first-order chi connectivity index (χ1) is 9.29. The molecular formula is C13H14BrN3O2S. The average molecular weight is 356 g/mol. The largest absolute Gasteiger partial charge is 0.396 e. The number of halogens is 1. The summed E-state index contributed by atoms with van der Waals surface area (Å²) in [5, 5.41) is 8.21. The quantitative estimate of drug-likeness (QED) is 0.737. The number of nitrogens with two attached hydrogens (primary N) is 2. The summed E-state index contributed by atoms with van der Waals surface area (Å²) in [4.78, 5) is -0.0867. The number of primary sulfonamides is 1. The van der Waals surface area contributed by atoms with Gasteiger partial charge < -0.3 is 11.1 Å². The number of nitrogens with one attached hydrogen (secondary N) is 1. The lowest BCUT2D eigenvalue weighted by Gasteiger charge is -2.12. The molecule has 0 aliphatic carbocycles. The Morgan fingerprint density at radius 3 is 2.50 bits per heavy atom. The highest BCUT2D eigenvalue weighted by molar-refractivity contribution is 9.10. The summed E-state index contributed by atoms with van der Waals surface area (Å²) < 4.78 is 23.8. The van der Waals surface area contributed by atoms with Crippen molar-refractivity contribution in [1.29, 1.82) is 0 Å². The molecule has 0 atom stereocenters. The molecule has 0 unspecified atom stereocenters. The molecule has 7 heteroatoms. The minimum absolute atomic E-state index is 0.0867. The second-order valence-electron chi connectivity index (χ2n) is 4.35. The Morgan fingerprint density at radius 2 is 1.90 bits per heavy atom. The summed E-state index contributed by atoms with van der Waals surface area (Å²) in [7, 11) is -3.84. The van der Waals surface area contributed by atoms with E-state index in [4.69, 9.17) is 10.9 Å². The van der Waals surface area contributed by atoms with Crippen LogP contribution in [-0.2, 0) is 10.0 Å². The van der Waals surface area contributed by atoms with Gasteiger partial charge in [-0.1, -0.05) is 22.0 Å². The molecule has 0 spiro atoms. The first kappa shape index (κ1) is 14.8. The Balaban J connectivity index is 2.42. The van der Waals surface area contributed by atoms with Crippen LogP contribution < -0.4 is 16.2 Å². The molecule has 0 bridgehead atoms. The van der Waals surface area contributed by atoms with Gasteiger partial charge in [-0.2, -0.15) is 0 Å². The molecule has 0 amide bonds. The van der Waals surface area contributed by atoms with Crippen LogP contribution in [-0.4, -0.2) is 8.42 Å². The van der Waals surface area contributed by atoms with E-state index in [-0.39, 0.29) is 10.6 Å². The summed E-state index contributed by atoms with van der Waals surface area (Å²) in [6.45, 7) is 1.96. The molecule has 0 saturated carbocycles. The van der Waals surface area contributed by atoms with Crippen molar-refractivity contribution in [2.75, 3.05) is 11.1 Å². The van der Waals surface area contributed by atoms with E-state index < -0.39 is 10.0 Å². The summed E-state index contributed by atoms with van der Waals surface area (Å²) in [6.07, 6.45) is 0. The third-order valence-electron chi connectivity index (χ3n) is 2.81. The smallest absolute Gasteiger partial charge is 0.240 e. The van der Waals surface area contributed by atoms with Crippen LogP contribution in [0.15, 0.2) is 45.8 Å². The standard InChI is InChI=1S/C13H14BrN3O2S/c1-8-7-9(5-6-10(8)14)17-11-3-2-4-12(13(11)15)20(16,18)19/h2-7,17H,15H2,1H3,(H2,16,18,19). The fourth-order valence-corrected chi connectivity index (χ4v) is 2.71. The molecule has 5 nitrogen and oxygen atoms in total. The number of nitrogen functional groups attached to an aromatic ring is 1. The van der Waals surface area contributed by atoms with E-state index in [1.54, 1.807) is 12.1 Å². The highest BCUT2D eigenvalue weighted by Gasteiger charge is 2.14. The third-order valence-corrected chi connectivity index (χ3v) is 4.67. The minimum atomic E-state index is -3.84. The Bertz CT molecular complexity index is 760. The van der Waals surface area contributed by atoms with Gasteiger partial charge >= 0.3 is 0 Å². The van der Waals surface area contributed by atoms with E-state index in [2.05, 4.69) is 21.2 Å². The molecular weight excluding hydrogens is 342 g/mol. The fourth-order valence-electron chi connectivity index (χ4n) is 1.78. The Morgan fingerprint density at radius 1 is 1.20 bits per heavy atom. The van der Waals surface area contributed by atoms with Crippen molar-refractivity contribution in [3.8, 4) is 0 Å². The molecule has 20 heavy (non-hydrogen) atoms. The molecule has 2 rings (SSSR count). The second kappa shape index (κ2) is 5.43. The molecule has 0 aromatic heterocycles. The maximum atomic E-state index is 11.4. The van der Waals surface area contributed by atoms with Gasteiger partial charge in [-0.3, -0.25) is 0 Å². The van der Waals surface area contributed by atoms with E-state index in [1.165, 1.54) is 6.07 Å². The lowest BCUT2D eigenvalue weighted by Crippen LogP contribution is -2.15. The van der Waals surface area contributed by atoms with Crippen LogP contribution in [0, 0.1) is 6.92 Å². The topological polar surface area (TPSA) is 98.2 Å². The van der Waals surface area contributed by atoms with Gasteiger partial charge in [0.15, 0.2) is 0 Å². The van der Waals surface area contributed by atoms with Crippen LogP contribution in [0.25, 0.3) is 0 Å². The zero-order valence-electron chi connectivity index (χ0n) is 10.7. The van der Waals surface area contributed by atoms with Crippen molar-refractivity contribution in [2.45, 2.75) is 11.8 Å². The fraction of sp³-hybridized carbons (Fsp3) is 0.0769. The van der Waals surface area contributed by atoms with Gasteiger partial charge in [0.25, 0.3) is 0 Å². The van der Waals surface area contributed by atoms with Gasteiger partial charge in [-0.15, -0.1) is 0 Å². The van der Waals surface area contributed by atoms with Crippen LogP contribution in [0.4, 0.5) is 17.1 Å². The van der Waals surface area contributed by atoms with Gasteiger partial charge in [-0.05, 0) is 42.8 Å². The van der Waals surface area contributed by atoms with E-state index in [0.29, 0.717) is 5.69 Å². The van der Waals surface area contributed by atoms with Crippen LogP contribution in [0.2, 0.25) is 0 Å². The minimum Gasteiger partial charge on any atom is -0.396 e. The van der Waals surface area contributed by atoms with Gasteiger partial charge in [0.05, 0.1) is 11.4 Å². The maximum absolute atomic E-state index is 11.4. The molecule has 5 N–H and O–H groups in total. The number of benzene rings is 2. The van der Waals surface area contributed by atoms with Crippen molar-refractivity contribution in [3.63, 3.8) is 0 Å². The number of sulfonamides is 1. The SMILES string of the molecule is Cc1cc(Nc2cccc(S(N)(=O)=O)c2N)ccc1Br. The molecule has 0 fully saturated rings. The van der Waals surface area contributed by atoms with E-state index >= 15 is 0 Å². The number of aryl methyl sites for hydroxylation is 1. The summed E-state index contributed by atoms with van der Waals surface area (Å²) in [5.41, 5.74) is 8.32. The molecule has 0 saturated heterocycles. The van der Waals surface area contributed by atoms with E-state index in [0.717, 1.165) is 15.7 Å². The van der Waals surface area contributed by atoms with Crippen LogP contribution >= 0.6 is 15.9 Å². The normalized spacial score (nSPS) is 11.3. The zero-order valence-corrected chi connectivity index (χ0v) is 13.1. The average Bonchev–Trinajstić information content (AvgIpc) is 2.35. The molecule has 106 valence electrons. The van der Waals surface area contributed by atoms with Crippen LogP contribution in [0.5, 0.6) is 0 Å². The zero-order chi connectivity index (χ0) is 14.9. The van der Waals surface area contributed by atoms with Gasteiger partial charge in [0, 0.05) is 10.2 Å². The molecule has 0 aliphatic rings. The highest BCUT2D eigenvalue weighted by atomic mass is 79.9. The maximum Gasteiger partial charge on any atom is 0.240 e. The van der Waals surface area contributed by atoms with Gasteiger partial charge in [0.1, 0.15) is 4.90 Å². The van der Waals surface area contributed by atoms with E-state index in [1.807, 2.05) is 25.1 Å². The highest BCUT2D eigenvalue weighted by Crippen LogP contribution is 2.29. The molecule has 2 aromatic rings. The number of rotatable bonds is 3. The lowest BCUT2D eigenvalue weighted by molar-refractivity contribution is 0.598. The number of hydrogen-bond donors (Lipinski definition) is 3. The third kappa shape index (κ3) is 3.12. The second-order valence-corrected chi connectivity index (χ2v) is 6.74. The first-order valence-corrected chi connectivity index (χ1v) is 8.07. The molecule has 0 radical (unpaired) electrons. The lowest BCUT2D eigenvalue weighted by atomic mass is 10.2. The number of hydrogen-bond acceptors (Lipinski definition) is 4. The monoisotopic (exact) mass is 355 g/mol. The summed E-state index contributed by atoms with van der Waals surface area (Å²) >= 11 is 3.42. The Hall–Kier alpha value is -1.57.